The van der Waals surface area contributed by atoms with E-state index in [1.165, 1.54) is 0 Å². The van der Waals surface area contributed by atoms with Crippen LogP contribution in [0.15, 0.2) is 12.1 Å². The van der Waals surface area contributed by atoms with Crippen LogP contribution in [-0.2, 0) is 0 Å². The summed E-state index contributed by atoms with van der Waals surface area (Å²) in [5, 5.41) is 5.24. The first-order chi connectivity index (χ1) is 9.99. The molecular weight excluding hydrogens is 327 g/mol. The van der Waals surface area contributed by atoms with Gasteiger partial charge in [0.05, 0.1) is 10.0 Å². The molecule has 1 aromatic rings. The maximum absolute atomic E-state index is 6.46. The van der Waals surface area contributed by atoms with Crippen LogP contribution in [0.25, 0.3) is 0 Å². The Bertz CT molecular complexity index is 471. The monoisotopic (exact) mass is 348 g/mol. The minimum atomic E-state index is 0.290. The number of nitrogens with one attached hydrogen (secondary N) is 1. The van der Waals surface area contributed by atoms with Gasteiger partial charge in [-0.05, 0) is 36.5 Å². The number of nitrogens with zero attached hydrogens (tertiary/aromatic N) is 1. The van der Waals surface area contributed by atoms with Gasteiger partial charge in [-0.3, -0.25) is 4.90 Å². The van der Waals surface area contributed by atoms with Crippen molar-refractivity contribution in [1.82, 2.24) is 10.2 Å². The molecular formula is C16H23Cl3N2. The van der Waals surface area contributed by atoms with E-state index in [0.29, 0.717) is 21.0 Å². The summed E-state index contributed by atoms with van der Waals surface area (Å²) in [7, 11) is 0. The third-order valence-corrected chi connectivity index (χ3v) is 5.02. The van der Waals surface area contributed by atoms with Gasteiger partial charge in [-0.25, -0.2) is 0 Å². The average Bonchev–Trinajstić information content (AvgIpc) is 2.45. The molecule has 1 saturated heterocycles. The molecule has 1 aliphatic heterocycles. The van der Waals surface area contributed by atoms with Crippen molar-refractivity contribution in [3.8, 4) is 0 Å². The fraction of sp³-hybridized carbons (Fsp3) is 0.625. The molecule has 5 heteroatoms. The molecule has 2 nitrogen and oxygen atoms in total. The van der Waals surface area contributed by atoms with Gasteiger partial charge in [0.15, 0.2) is 0 Å². The topological polar surface area (TPSA) is 15.3 Å². The van der Waals surface area contributed by atoms with Gasteiger partial charge in [-0.1, -0.05) is 48.7 Å². The fourth-order valence-electron chi connectivity index (χ4n) is 2.84. The second kappa shape index (κ2) is 8.03. The summed E-state index contributed by atoms with van der Waals surface area (Å²) in [6.07, 6.45) is 2.24. The van der Waals surface area contributed by atoms with E-state index in [2.05, 4.69) is 24.1 Å². The Morgan fingerprint density at radius 2 is 1.76 bits per heavy atom. The SMILES string of the molecule is CC(C)CC[C@@H](c1cc(Cl)cc(Cl)c1Cl)N1CCNCC1. The summed E-state index contributed by atoms with van der Waals surface area (Å²) in [5.74, 6) is 0.670. The molecule has 0 radical (unpaired) electrons. The summed E-state index contributed by atoms with van der Waals surface area (Å²) in [4.78, 5) is 2.49. The highest BCUT2D eigenvalue weighted by molar-refractivity contribution is 6.43. The molecule has 0 aromatic heterocycles. The lowest BCUT2D eigenvalue weighted by atomic mass is 9.95. The molecule has 2 rings (SSSR count). The van der Waals surface area contributed by atoms with E-state index in [1.807, 2.05) is 6.07 Å². The smallest absolute Gasteiger partial charge is 0.0641 e. The Labute approximate surface area is 142 Å². The lowest BCUT2D eigenvalue weighted by molar-refractivity contribution is 0.160. The number of hydrogen-bond acceptors (Lipinski definition) is 2. The van der Waals surface area contributed by atoms with E-state index in [0.717, 1.165) is 44.6 Å². The summed E-state index contributed by atoms with van der Waals surface area (Å²) in [6, 6.07) is 3.98. The maximum atomic E-state index is 6.46. The molecule has 0 amide bonds. The molecule has 1 aromatic carbocycles. The van der Waals surface area contributed by atoms with Crippen molar-refractivity contribution in [2.75, 3.05) is 26.2 Å². The second-order valence-corrected chi connectivity index (χ2v) is 7.29. The third kappa shape index (κ3) is 4.74. The highest BCUT2D eigenvalue weighted by Crippen LogP contribution is 2.38. The molecule has 1 aliphatic rings. The van der Waals surface area contributed by atoms with Crippen molar-refractivity contribution >= 4 is 34.8 Å². The van der Waals surface area contributed by atoms with E-state index in [1.54, 1.807) is 6.07 Å². The summed E-state index contributed by atoms with van der Waals surface area (Å²) < 4.78 is 0. The molecule has 1 N–H and O–H groups in total. The Hall–Kier alpha value is 0.01000. The lowest BCUT2D eigenvalue weighted by Crippen LogP contribution is -2.45. The first-order valence-electron chi connectivity index (χ1n) is 7.58. The average molecular weight is 350 g/mol. The molecule has 21 heavy (non-hydrogen) atoms. The van der Waals surface area contributed by atoms with Gasteiger partial charge in [0.2, 0.25) is 0 Å². The molecule has 0 spiro atoms. The van der Waals surface area contributed by atoms with Gasteiger partial charge in [0.25, 0.3) is 0 Å². The van der Waals surface area contributed by atoms with Crippen LogP contribution in [0.4, 0.5) is 0 Å². The van der Waals surface area contributed by atoms with Crippen LogP contribution < -0.4 is 5.32 Å². The van der Waals surface area contributed by atoms with Crippen LogP contribution in [0, 0.1) is 5.92 Å². The van der Waals surface area contributed by atoms with Gasteiger partial charge in [0.1, 0.15) is 0 Å². The fourth-order valence-corrected chi connectivity index (χ4v) is 3.58. The minimum absolute atomic E-state index is 0.290. The predicted molar refractivity (Wildman–Crippen MR) is 92.7 cm³/mol. The number of benzene rings is 1. The highest BCUT2D eigenvalue weighted by atomic mass is 35.5. The van der Waals surface area contributed by atoms with E-state index in [4.69, 9.17) is 34.8 Å². The van der Waals surface area contributed by atoms with Crippen molar-refractivity contribution in [3.05, 3.63) is 32.8 Å². The lowest BCUT2D eigenvalue weighted by Gasteiger charge is -2.36. The van der Waals surface area contributed by atoms with Crippen LogP contribution >= 0.6 is 34.8 Å². The van der Waals surface area contributed by atoms with Crippen LogP contribution in [-0.4, -0.2) is 31.1 Å². The molecule has 0 unspecified atom stereocenters. The van der Waals surface area contributed by atoms with Crippen LogP contribution in [0.5, 0.6) is 0 Å². The van der Waals surface area contributed by atoms with Crippen LogP contribution in [0.1, 0.15) is 38.3 Å². The van der Waals surface area contributed by atoms with E-state index in [-0.39, 0.29) is 6.04 Å². The largest absolute Gasteiger partial charge is 0.314 e. The Kier molecular flexibility index (Phi) is 6.64. The zero-order valence-electron chi connectivity index (χ0n) is 12.6. The van der Waals surface area contributed by atoms with Crippen molar-refractivity contribution in [1.29, 1.82) is 0 Å². The minimum Gasteiger partial charge on any atom is -0.314 e. The Morgan fingerprint density at radius 3 is 2.38 bits per heavy atom. The van der Waals surface area contributed by atoms with Crippen molar-refractivity contribution in [2.24, 2.45) is 5.92 Å². The van der Waals surface area contributed by atoms with Crippen LogP contribution in [0.3, 0.4) is 0 Å². The van der Waals surface area contributed by atoms with Crippen molar-refractivity contribution in [3.63, 3.8) is 0 Å². The van der Waals surface area contributed by atoms with Crippen molar-refractivity contribution < 1.29 is 0 Å². The van der Waals surface area contributed by atoms with Gasteiger partial charge < -0.3 is 5.32 Å². The molecule has 0 bridgehead atoms. The molecule has 0 saturated carbocycles. The Morgan fingerprint density at radius 1 is 1.10 bits per heavy atom. The molecule has 1 fully saturated rings. The zero-order valence-corrected chi connectivity index (χ0v) is 14.9. The first-order valence-corrected chi connectivity index (χ1v) is 8.71. The van der Waals surface area contributed by atoms with Gasteiger partial charge in [-0.15, -0.1) is 0 Å². The number of hydrogen-bond donors (Lipinski definition) is 1. The van der Waals surface area contributed by atoms with Gasteiger partial charge >= 0.3 is 0 Å². The van der Waals surface area contributed by atoms with E-state index >= 15 is 0 Å². The summed E-state index contributed by atoms with van der Waals surface area (Å²) in [5.41, 5.74) is 1.07. The third-order valence-electron chi connectivity index (χ3n) is 3.99. The quantitative estimate of drug-likeness (QED) is 0.750. The maximum Gasteiger partial charge on any atom is 0.0641 e. The summed E-state index contributed by atoms with van der Waals surface area (Å²) in [6.45, 7) is 8.60. The molecule has 1 heterocycles. The summed E-state index contributed by atoms with van der Waals surface area (Å²) >= 11 is 18.9. The van der Waals surface area contributed by atoms with E-state index in [9.17, 15) is 0 Å². The van der Waals surface area contributed by atoms with Gasteiger partial charge in [0, 0.05) is 37.2 Å². The van der Waals surface area contributed by atoms with Crippen molar-refractivity contribution in [2.45, 2.75) is 32.7 Å². The predicted octanol–water partition coefficient (Wildman–Crippen LogP) is 5.03. The standard InChI is InChI=1S/C16H23Cl3N2/c1-11(2)3-4-15(21-7-5-20-6-8-21)13-9-12(17)10-14(18)16(13)19/h9-11,15,20H,3-8H2,1-2H3/t15-/m0/s1. The molecule has 1 atom stereocenters. The second-order valence-electron chi connectivity index (χ2n) is 6.06. The Balaban J connectivity index is 2.29. The highest BCUT2D eigenvalue weighted by Gasteiger charge is 2.25. The van der Waals surface area contributed by atoms with Crippen LogP contribution in [0.2, 0.25) is 15.1 Å². The first kappa shape index (κ1) is 17.4. The number of rotatable bonds is 5. The van der Waals surface area contributed by atoms with Gasteiger partial charge in [-0.2, -0.15) is 0 Å². The normalized spacial score (nSPS) is 18.2. The molecule has 0 aliphatic carbocycles. The van der Waals surface area contributed by atoms with E-state index < -0.39 is 0 Å². The molecule has 118 valence electrons. The zero-order chi connectivity index (χ0) is 15.4. The number of piperazine rings is 1. The number of halogens is 3.